The minimum atomic E-state index is -0.235. The zero-order chi connectivity index (χ0) is 14.9. The van der Waals surface area contributed by atoms with Gasteiger partial charge in [0, 0.05) is 22.7 Å². The van der Waals surface area contributed by atoms with Gasteiger partial charge in [0.25, 0.3) is 5.91 Å². The van der Waals surface area contributed by atoms with E-state index >= 15 is 0 Å². The van der Waals surface area contributed by atoms with Crippen molar-refractivity contribution in [3.63, 3.8) is 0 Å². The van der Waals surface area contributed by atoms with E-state index in [4.69, 9.17) is 0 Å². The van der Waals surface area contributed by atoms with E-state index in [-0.39, 0.29) is 5.91 Å². The summed E-state index contributed by atoms with van der Waals surface area (Å²) in [7, 11) is 0. The van der Waals surface area contributed by atoms with Crippen molar-refractivity contribution in [2.45, 2.75) is 0 Å². The molecule has 5 nitrogen and oxygen atoms in total. The van der Waals surface area contributed by atoms with Crippen molar-refractivity contribution in [2.24, 2.45) is 0 Å². The first kappa shape index (κ1) is 12.5. The number of carbonyl (C=O) groups excluding carboxylic acids is 1. The van der Waals surface area contributed by atoms with E-state index in [9.17, 15) is 4.79 Å². The van der Waals surface area contributed by atoms with Crippen LogP contribution in [0.3, 0.4) is 0 Å². The van der Waals surface area contributed by atoms with Crippen LogP contribution in [0.1, 0.15) is 10.5 Å². The summed E-state index contributed by atoms with van der Waals surface area (Å²) >= 11 is 0. The summed E-state index contributed by atoms with van der Waals surface area (Å²) < 4.78 is 0. The number of rotatable bonds is 2. The lowest BCUT2D eigenvalue weighted by Gasteiger charge is -2.05. The molecule has 0 aliphatic carbocycles. The Morgan fingerprint density at radius 3 is 2.91 bits per heavy atom. The van der Waals surface area contributed by atoms with Crippen LogP contribution in [0.15, 0.2) is 60.8 Å². The number of aromatic amines is 1. The summed E-state index contributed by atoms with van der Waals surface area (Å²) in [5, 5.41) is 11.6. The van der Waals surface area contributed by atoms with Crippen molar-refractivity contribution in [1.29, 1.82) is 0 Å². The summed E-state index contributed by atoms with van der Waals surface area (Å²) in [4.78, 5) is 16.7. The number of hydrogen-bond donors (Lipinski definition) is 2. The van der Waals surface area contributed by atoms with Gasteiger partial charge < -0.3 is 5.32 Å². The monoisotopic (exact) mass is 288 g/mol. The van der Waals surface area contributed by atoms with Crippen molar-refractivity contribution < 1.29 is 4.79 Å². The van der Waals surface area contributed by atoms with Gasteiger partial charge in [-0.05, 0) is 30.3 Å². The van der Waals surface area contributed by atoms with Gasteiger partial charge in [-0.15, -0.1) is 0 Å². The zero-order valence-corrected chi connectivity index (χ0v) is 11.6. The van der Waals surface area contributed by atoms with Crippen molar-refractivity contribution in [3.05, 3.63) is 66.5 Å². The molecule has 0 saturated carbocycles. The second kappa shape index (κ2) is 4.96. The van der Waals surface area contributed by atoms with E-state index in [2.05, 4.69) is 20.5 Å². The fourth-order valence-electron chi connectivity index (χ4n) is 2.48. The highest BCUT2D eigenvalue weighted by Crippen LogP contribution is 2.20. The summed E-state index contributed by atoms with van der Waals surface area (Å²) in [6.07, 6.45) is 1.75. The van der Waals surface area contributed by atoms with E-state index in [1.54, 1.807) is 6.20 Å². The molecule has 4 rings (SSSR count). The molecular formula is C17H12N4O. The van der Waals surface area contributed by atoms with E-state index in [0.717, 1.165) is 27.5 Å². The normalized spacial score (nSPS) is 10.9. The number of nitrogens with zero attached hydrogens (tertiary/aromatic N) is 2. The van der Waals surface area contributed by atoms with Gasteiger partial charge in [-0.25, -0.2) is 0 Å². The van der Waals surface area contributed by atoms with Gasteiger partial charge in [0.05, 0.1) is 11.0 Å². The number of carbonyl (C=O) groups is 1. The van der Waals surface area contributed by atoms with Gasteiger partial charge in [-0.2, -0.15) is 5.10 Å². The molecule has 2 aromatic heterocycles. The number of H-pyrrole nitrogens is 1. The van der Waals surface area contributed by atoms with Crippen LogP contribution < -0.4 is 5.32 Å². The number of benzene rings is 2. The smallest absolute Gasteiger partial charge is 0.276 e. The molecule has 0 radical (unpaired) electrons. The molecule has 0 aliphatic heterocycles. The highest BCUT2D eigenvalue weighted by atomic mass is 16.1. The summed E-state index contributed by atoms with van der Waals surface area (Å²) in [6.45, 7) is 0. The van der Waals surface area contributed by atoms with Gasteiger partial charge in [0.15, 0.2) is 5.69 Å². The molecule has 22 heavy (non-hydrogen) atoms. The van der Waals surface area contributed by atoms with Crippen molar-refractivity contribution in [1.82, 2.24) is 15.2 Å². The van der Waals surface area contributed by atoms with Crippen molar-refractivity contribution in [2.75, 3.05) is 5.32 Å². The Bertz CT molecular complexity index is 990. The molecule has 0 unspecified atom stereocenters. The Balaban J connectivity index is 1.68. The third-order valence-corrected chi connectivity index (χ3v) is 3.55. The van der Waals surface area contributed by atoms with Crippen molar-refractivity contribution in [3.8, 4) is 0 Å². The second-order valence-electron chi connectivity index (χ2n) is 4.98. The summed E-state index contributed by atoms with van der Waals surface area (Å²) in [5.74, 6) is -0.235. The molecule has 0 atom stereocenters. The average molecular weight is 288 g/mol. The van der Waals surface area contributed by atoms with E-state index in [1.165, 1.54) is 0 Å². The average Bonchev–Trinajstić information content (AvgIpc) is 2.99. The van der Waals surface area contributed by atoms with Gasteiger partial charge in [-0.3, -0.25) is 14.9 Å². The number of pyridine rings is 1. The molecule has 0 spiro atoms. The SMILES string of the molecule is O=C(Nc1ccc2ncccc2c1)c1n[nH]c2ccccc12. The number of hydrogen-bond acceptors (Lipinski definition) is 3. The molecule has 0 fully saturated rings. The quantitative estimate of drug-likeness (QED) is 0.594. The Kier molecular flexibility index (Phi) is 2.83. The van der Waals surface area contributed by atoms with Gasteiger partial charge in [0.1, 0.15) is 0 Å². The number of para-hydroxylation sites is 1. The predicted molar refractivity (Wildman–Crippen MR) is 85.8 cm³/mol. The fraction of sp³-hybridized carbons (Fsp3) is 0. The topological polar surface area (TPSA) is 70.7 Å². The molecule has 2 heterocycles. The molecule has 0 saturated heterocycles. The summed E-state index contributed by atoms with van der Waals surface area (Å²) in [6, 6.07) is 17.0. The lowest BCUT2D eigenvalue weighted by atomic mass is 10.2. The Morgan fingerprint density at radius 2 is 1.95 bits per heavy atom. The third-order valence-electron chi connectivity index (χ3n) is 3.55. The Morgan fingerprint density at radius 1 is 1.05 bits per heavy atom. The molecule has 2 N–H and O–H groups in total. The number of fused-ring (bicyclic) bond motifs is 2. The van der Waals surface area contributed by atoms with Crippen LogP contribution >= 0.6 is 0 Å². The first-order chi connectivity index (χ1) is 10.8. The van der Waals surface area contributed by atoms with E-state index in [1.807, 2.05) is 54.6 Å². The maximum Gasteiger partial charge on any atom is 0.276 e. The number of amides is 1. The number of aromatic nitrogens is 3. The van der Waals surface area contributed by atoms with Gasteiger partial charge >= 0.3 is 0 Å². The minimum Gasteiger partial charge on any atom is -0.321 e. The Hall–Kier alpha value is -3.21. The molecule has 5 heteroatoms. The molecule has 4 aromatic rings. The molecule has 1 amide bonds. The first-order valence-electron chi connectivity index (χ1n) is 6.90. The predicted octanol–water partition coefficient (Wildman–Crippen LogP) is 3.36. The summed E-state index contributed by atoms with van der Waals surface area (Å²) in [5.41, 5.74) is 2.85. The fourth-order valence-corrected chi connectivity index (χ4v) is 2.48. The van der Waals surface area contributed by atoms with Crippen molar-refractivity contribution >= 4 is 33.4 Å². The lowest BCUT2D eigenvalue weighted by Crippen LogP contribution is -2.12. The maximum absolute atomic E-state index is 12.4. The largest absolute Gasteiger partial charge is 0.321 e. The van der Waals surface area contributed by atoms with Crippen LogP contribution in [0.5, 0.6) is 0 Å². The molecular weight excluding hydrogens is 276 g/mol. The van der Waals surface area contributed by atoms with Gasteiger partial charge in [0.2, 0.25) is 0 Å². The van der Waals surface area contributed by atoms with Crippen LogP contribution in [-0.2, 0) is 0 Å². The maximum atomic E-state index is 12.4. The number of nitrogens with one attached hydrogen (secondary N) is 2. The zero-order valence-electron chi connectivity index (χ0n) is 11.6. The number of anilines is 1. The lowest BCUT2D eigenvalue weighted by molar-refractivity contribution is 0.102. The van der Waals surface area contributed by atoms with Gasteiger partial charge in [-0.1, -0.05) is 24.3 Å². The first-order valence-corrected chi connectivity index (χ1v) is 6.90. The van der Waals surface area contributed by atoms with Crippen LogP contribution in [0, 0.1) is 0 Å². The molecule has 0 aliphatic rings. The van der Waals surface area contributed by atoms with E-state index < -0.39 is 0 Å². The standard InChI is InChI=1S/C17H12N4O/c22-17(16-13-5-1-2-6-15(13)20-21-16)19-12-7-8-14-11(10-12)4-3-9-18-14/h1-10H,(H,19,22)(H,20,21). The molecule has 106 valence electrons. The van der Waals surface area contributed by atoms with Crippen LogP contribution in [-0.4, -0.2) is 21.1 Å². The Labute approximate surface area is 126 Å². The van der Waals surface area contributed by atoms with Crippen LogP contribution in [0.2, 0.25) is 0 Å². The second-order valence-corrected chi connectivity index (χ2v) is 4.98. The third kappa shape index (κ3) is 2.09. The van der Waals surface area contributed by atoms with Crippen LogP contribution in [0.4, 0.5) is 5.69 Å². The molecule has 2 aromatic carbocycles. The highest BCUT2D eigenvalue weighted by molar-refractivity contribution is 6.11. The molecule has 0 bridgehead atoms. The van der Waals surface area contributed by atoms with E-state index in [0.29, 0.717) is 5.69 Å². The highest BCUT2D eigenvalue weighted by Gasteiger charge is 2.13. The van der Waals surface area contributed by atoms with Crippen LogP contribution in [0.25, 0.3) is 21.8 Å². The minimum absolute atomic E-state index is 0.235.